The molecule has 0 unspecified atom stereocenters. The number of para-hydroxylation sites is 1. The molecule has 0 spiro atoms. The Morgan fingerprint density at radius 1 is 0.681 bits per heavy atom. The number of amides is 3. The molecule has 2 atom stereocenters. The standard InChI is InChI=1S/C22H23N7O2.C15H16N4.C13H13N3O3/c1-3-31-20-12-23-11-19(26-20)27-22(30)29-16-7-9-28(13-16)18-5-4-17(25-21(18)29)15-6-8-24-14(2)10-15;1-10-8-11(4-6-16-10)13-2-3-14-15(18-13)17-12-5-7-19(14)9-12;1-2-18-12-9-14-8-11(15-12)16-13(17)19-10-6-4-3-5-7-10/h4-6,8,10-12,16H,3,7,9,13H2,1-2H3,(H,26,27,30);2-4,6,8,12H,5,7,9H2,1H3,(H,17,18);3-9H,2H2,1H3,(H,15,16,17)/t16-;12-;/m00./s1. The van der Waals surface area contributed by atoms with E-state index in [9.17, 15) is 9.59 Å². The van der Waals surface area contributed by atoms with Gasteiger partial charge < -0.3 is 29.3 Å². The van der Waals surface area contributed by atoms with Crippen LogP contribution in [-0.4, -0.2) is 103 Å². The van der Waals surface area contributed by atoms with Gasteiger partial charge in [-0.05, 0) is 101 Å². The molecule has 69 heavy (non-hydrogen) atoms. The van der Waals surface area contributed by atoms with Crippen LogP contribution < -0.4 is 44.9 Å². The second-order valence-electron chi connectivity index (χ2n) is 16.4. The molecule has 2 fully saturated rings. The molecule has 6 aromatic heterocycles. The quantitative estimate of drug-likeness (QED) is 0.124. The average molecular weight is 929 g/mol. The minimum atomic E-state index is -0.630. The molecular formula is C50H52N14O5. The largest absolute Gasteiger partial charge is 0.477 e. The number of fused-ring (bicyclic) bond motifs is 8. The molecular weight excluding hydrogens is 877 g/mol. The van der Waals surface area contributed by atoms with Gasteiger partial charge in [0.1, 0.15) is 5.75 Å². The molecule has 1 aromatic carbocycles. The van der Waals surface area contributed by atoms with Crippen molar-refractivity contribution in [3.8, 4) is 40.0 Å². The lowest BCUT2D eigenvalue weighted by atomic mass is 10.1. The number of ether oxygens (including phenoxy) is 3. The fraction of sp³-hybridized carbons (Fsp3) is 0.280. The number of anilines is 6. The SMILES string of the molecule is CCOc1cncc(NC(=O)N2c3nc(-c4ccnc(C)c4)ccc3N3CC[C@H]2C3)n1.CCOc1cncc(NC(=O)Oc2ccccc2)n1.Cc1cc(-c2ccc3c(n2)N[C@H]2CCN3C2)ccn1. The molecule has 19 heteroatoms. The van der Waals surface area contributed by atoms with Gasteiger partial charge in [-0.3, -0.25) is 35.5 Å². The lowest BCUT2D eigenvalue weighted by Gasteiger charge is -2.35. The number of hydrogen-bond donors (Lipinski definition) is 3. The van der Waals surface area contributed by atoms with Gasteiger partial charge in [-0.15, -0.1) is 0 Å². The molecule has 19 nitrogen and oxygen atoms in total. The Bertz CT molecular complexity index is 2930. The Morgan fingerprint density at radius 3 is 1.94 bits per heavy atom. The van der Waals surface area contributed by atoms with Crippen LogP contribution in [0, 0.1) is 13.8 Å². The van der Waals surface area contributed by atoms with Crippen molar-refractivity contribution in [2.45, 2.75) is 52.6 Å². The zero-order valence-electron chi connectivity index (χ0n) is 38.7. The van der Waals surface area contributed by atoms with E-state index in [-0.39, 0.29) is 17.9 Å². The van der Waals surface area contributed by atoms with Gasteiger partial charge in [0.05, 0.1) is 66.8 Å². The molecule has 0 radical (unpaired) electrons. The van der Waals surface area contributed by atoms with Gasteiger partial charge in [0.15, 0.2) is 23.3 Å². The monoisotopic (exact) mass is 928 g/mol. The Morgan fingerprint density at radius 2 is 1.29 bits per heavy atom. The van der Waals surface area contributed by atoms with E-state index in [0.717, 1.165) is 78.0 Å². The van der Waals surface area contributed by atoms with Crippen LogP contribution in [0.2, 0.25) is 0 Å². The molecule has 7 aromatic rings. The van der Waals surface area contributed by atoms with Crippen LogP contribution in [0.15, 0.2) is 116 Å². The number of rotatable bonds is 9. The molecule has 4 bridgehead atoms. The maximum atomic E-state index is 13.3. The predicted molar refractivity (Wildman–Crippen MR) is 263 cm³/mol. The van der Waals surface area contributed by atoms with Crippen LogP contribution in [0.5, 0.6) is 17.5 Å². The van der Waals surface area contributed by atoms with Crippen LogP contribution in [-0.2, 0) is 0 Å². The predicted octanol–water partition coefficient (Wildman–Crippen LogP) is 8.21. The Labute approximate surface area is 399 Å². The van der Waals surface area contributed by atoms with Gasteiger partial charge >= 0.3 is 12.1 Å². The molecule has 10 heterocycles. The summed E-state index contributed by atoms with van der Waals surface area (Å²) in [5.41, 5.74) is 8.07. The second kappa shape index (κ2) is 21.0. The number of pyridine rings is 4. The van der Waals surface area contributed by atoms with Crippen LogP contribution in [0.3, 0.4) is 0 Å². The molecule has 4 aliphatic heterocycles. The van der Waals surface area contributed by atoms with Gasteiger partial charge in [-0.25, -0.2) is 19.6 Å². The number of aryl methyl sites for hydroxylation is 2. The highest BCUT2D eigenvalue weighted by Crippen LogP contribution is 2.41. The van der Waals surface area contributed by atoms with Gasteiger partial charge in [0.25, 0.3) is 0 Å². The highest BCUT2D eigenvalue weighted by molar-refractivity contribution is 6.04. The lowest BCUT2D eigenvalue weighted by molar-refractivity contribution is 0.215. The molecule has 3 N–H and O–H groups in total. The van der Waals surface area contributed by atoms with Gasteiger partial charge in [0.2, 0.25) is 11.8 Å². The van der Waals surface area contributed by atoms with Crippen LogP contribution >= 0.6 is 0 Å². The maximum Gasteiger partial charge on any atom is 0.418 e. The Kier molecular flexibility index (Phi) is 13.9. The lowest BCUT2D eigenvalue weighted by Crippen LogP contribution is -2.48. The van der Waals surface area contributed by atoms with Crippen molar-refractivity contribution in [2.24, 2.45) is 0 Å². The zero-order chi connectivity index (χ0) is 47.7. The fourth-order valence-corrected chi connectivity index (χ4v) is 8.45. The molecule has 2 saturated heterocycles. The van der Waals surface area contributed by atoms with Crippen molar-refractivity contribution in [1.29, 1.82) is 0 Å². The molecule has 0 saturated carbocycles. The third-order valence-corrected chi connectivity index (χ3v) is 11.5. The molecule has 0 aliphatic carbocycles. The number of hydrogen-bond acceptors (Lipinski definition) is 16. The summed E-state index contributed by atoms with van der Waals surface area (Å²) in [6, 6.07) is 25.4. The summed E-state index contributed by atoms with van der Waals surface area (Å²) in [4.78, 5) is 65.9. The average Bonchev–Trinajstić information content (AvgIpc) is 3.96. The third kappa shape index (κ3) is 11.0. The first-order chi connectivity index (χ1) is 33.7. The molecule has 3 amide bonds. The van der Waals surface area contributed by atoms with E-state index in [1.807, 2.05) is 70.3 Å². The third-order valence-electron chi connectivity index (χ3n) is 11.5. The number of carbonyl (C=O) groups is 2. The summed E-state index contributed by atoms with van der Waals surface area (Å²) in [5.74, 6) is 3.48. The van der Waals surface area contributed by atoms with Crippen LogP contribution in [0.25, 0.3) is 22.5 Å². The summed E-state index contributed by atoms with van der Waals surface area (Å²) in [6.07, 6.45) is 11.0. The summed E-state index contributed by atoms with van der Waals surface area (Å²) < 4.78 is 15.6. The van der Waals surface area contributed by atoms with E-state index in [0.29, 0.717) is 48.4 Å². The number of nitrogens with one attached hydrogen (secondary N) is 3. The van der Waals surface area contributed by atoms with Crippen molar-refractivity contribution < 1.29 is 23.8 Å². The van der Waals surface area contributed by atoms with E-state index in [1.165, 1.54) is 36.9 Å². The number of aromatic nitrogens is 8. The minimum Gasteiger partial charge on any atom is -0.477 e. The minimum absolute atomic E-state index is 0.0532. The summed E-state index contributed by atoms with van der Waals surface area (Å²) >= 11 is 0. The van der Waals surface area contributed by atoms with Crippen LogP contribution in [0.1, 0.15) is 38.1 Å². The molecule has 11 rings (SSSR count). The maximum absolute atomic E-state index is 13.3. The first kappa shape index (κ1) is 45.7. The summed E-state index contributed by atoms with van der Waals surface area (Å²) in [7, 11) is 0. The van der Waals surface area contributed by atoms with Crippen molar-refractivity contribution in [3.05, 3.63) is 127 Å². The number of carbonyl (C=O) groups excluding carboxylic acids is 2. The Hall–Kier alpha value is -8.48. The van der Waals surface area contributed by atoms with E-state index in [2.05, 4.69) is 73.9 Å². The van der Waals surface area contributed by atoms with E-state index < -0.39 is 6.09 Å². The van der Waals surface area contributed by atoms with Crippen molar-refractivity contribution in [2.75, 3.05) is 70.0 Å². The Balaban J connectivity index is 0.000000136. The normalized spacial score (nSPS) is 15.7. The summed E-state index contributed by atoms with van der Waals surface area (Å²) in [6.45, 7) is 12.6. The van der Waals surface area contributed by atoms with E-state index in [4.69, 9.17) is 24.2 Å². The van der Waals surface area contributed by atoms with Crippen molar-refractivity contribution >= 4 is 46.8 Å². The van der Waals surface area contributed by atoms with Gasteiger partial charge in [-0.1, -0.05) is 18.2 Å². The number of nitrogens with zero attached hydrogens (tertiary/aromatic N) is 11. The molecule has 352 valence electrons. The van der Waals surface area contributed by atoms with Crippen molar-refractivity contribution in [1.82, 2.24) is 39.9 Å². The smallest absolute Gasteiger partial charge is 0.418 e. The first-order valence-electron chi connectivity index (χ1n) is 22.9. The second-order valence-corrected chi connectivity index (χ2v) is 16.4. The number of benzene rings is 1. The topological polar surface area (TPSA) is 211 Å². The molecule has 4 aliphatic rings. The number of urea groups is 1. The van der Waals surface area contributed by atoms with E-state index >= 15 is 0 Å². The highest BCUT2D eigenvalue weighted by Gasteiger charge is 2.40. The van der Waals surface area contributed by atoms with Crippen LogP contribution in [0.4, 0.5) is 44.2 Å². The van der Waals surface area contributed by atoms with Gasteiger partial charge in [-0.2, -0.15) is 9.97 Å². The van der Waals surface area contributed by atoms with E-state index in [1.54, 1.807) is 35.4 Å². The summed E-state index contributed by atoms with van der Waals surface area (Å²) in [5, 5.41) is 8.89. The first-order valence-corrected chi connectivity index (χ1v) is 22.9. The highest BCUT2D eigenvalue weighted by atomic mass is 16.6. The zero-order valence-corrected chi connectivity index (χ0v) is 38.7. The fourth-order valence-electron chi connectivity index (χ4n) is 8.45. The van der Waals surface area contributed by atoms with Crippen molar-refractivity contribution in [3.63, 3.8) is 0 Å². The van der Waals surface area contributed by atoms with Gasteiger partial charge in [0, 0.05) is 67.1 Å².